The lowest BCUT2D eigenvalue weighted by Gasteiger charge is -2.32. The van der Waals surface area contributed by atoms with Crippen LogP contribution in [0.25, 0.3) is 0 Å². The van der Waals surface area contributed by atoms with E-state index in [0.717, 1.165) is 0 Å². The minimum absolute atomic E-state index is 0.0542. The van der Waals surface area contributed by atoms with Crippen LogP contribution in [0.5, 0.6) is 0 Å². The average molecular weight is 343 g/mol. The molecule has 2 aromatic rings. The second-order valence-electron chi connectivity index (χ2n) is 6.00. The molecule has 1 aliphatic rings. The normalized spacial score (nSPS) is 17.4. The van der Waals surface area contributed by atoms with Crippen molar-refractivity contribution in [2.45, 2.75) is 25.8 Å². The van der Waals surface area contributed by atoms with Crippen LogP contribution in [0.2, 0.25) is 0 Å². The molecule has 1 fully saturated rings. The monoisotopic (exact) mass is 343 g/mol. The highest BCUT2D eigenvalue weighted by Gasteiger charge is 2.32. The van der Waals surface area contributed by atoms with Gasteiger partial charge in [0.15, 0.2) is 5.43 Å². The Kier molecular flexibility index (Phi) is 4.65. The maximum absolute atomic E-state index is 14.0. The van der Waals surface area contributed by atoms with Crippen LogP contribution in [-0.4, -0.2) is 29.4 Å². The molecule has 2 N–H and O–H groups in total. The zero-order valence-electron chi connectivity index (χ0n) is 13.7. The van der Waals surface area contributed by atoms with Gasteiger partial charge in [-0.15, -0.1) is 0 Å². The number of nitrogens with zero attached hydrogens (tertiary/aromatic N) is 1. The number of para-hydroxylation sites is 1. The van der Waals surface area contributed by atoms with Gasteiger partial charge in [0.05, 0.1) is 5.69 Å². The highest BCUT2D eigenvalue weighted by molar-refractivity contribution is 6.02. The van der Waals surface area contributed by atoms with E-state index in [-0.39, 0.29) is 17.2 Å². The number of hydrogen-bond acceptors (Lipinski definition) is 3. The number of aromatic nitrogens is 1. The van der Waals surface area contributed by atoms with Gasteiger partial charge in [-0.1, -0.05) is 12.1 Å². The second-order valence-corrected chi connectivity index (χ2v) is 6.00. The van der Waals surface area contributed by atoms with Gasteiger partial charge in [-0.3, -0.25) is 14.4 Å². The molecule has 1 aromatic heterocycles. The number of aromatic amines is 1. The van der Waals surface area contributed by atoms with E-state index >= 15 is 0 Å². The summed E-state index contributed by atoms with van der Waals surface area (Å²) in [5.74, 6) is -1.49. The van der Waals surface area contributed by atoms with Gasteiger partial charge in [0.2, 0.25) is 5.91 Å². The van der Waals surface area contributed by atoms with Crippen molar-refractivity contribution >= 4 is 17.5 Å². The molecule has 3 rings (SSSR count). The fraction of sp³-hybridized carbons (Fsp3) is 0.278. The minimum Gasteiger partial charge on any atom is -0.364 e. The van der Waals surface area contributed by atoms with Gasteiger partial charge in [-0.25, -0.2) is 4.39 Å². The molecule has 6 nitrogen and oxygen atoms in total. The molecule has 1 saturated heterocycles. The number of carbonyl (C=O) groups is 2. The lowest BCUT2D eigenvalue weighted by molar-refractivity contribution is -0.121. The zero-order valence-corrected chi connectivity index (χ0v) is 13.7. The number of halogens is 1. The van der Waals surface area contributed by atoms with E-state index in [9.17, 15) is 18.8 Å². The summed E-state index contributed by atoms with van der Waals surface area (Å²) in [6.07, 6.45) is 2.39. The Morgan fingerprint density at radius 2 is 2.08 bits per heavy atom. The average Bonchev–Trinajstić information content (AvgIpc) is 2.57. The summed E-state index contributed by atoms with van der Waals surface area (Å²) >= 11 is 0. The molecule has 130 valence electrons. The summed E-state index contributed by atoms with van der Waals surface area (Å²) < 4.78 is 14.0. The number of H-pyrrole nitrogens is 1. The fourth-order valence-electron chi connectivity index (χ4n) is 2.91. The highest BCUT2D eigenvalue weighted by Crippen LogP contribution is 2.24. The van der Waals surface area contributed by atoms with Crippen LogP contribution in [0.4, 0.5) is 10.1 Å². The first-order chi connectivity index (χ1) is 12.0. The number of pyridine rings is 1. The van der Waals surface area contributed by atoms with Crippen molar-refractivity contribution < 1.29 is 14.0 Å². The number of nitrogens with one attached hydrogen (secondary N) is 2. The maximum atomic E-state index is 14.0. The summed E-state index contributed by atoms with van der Waals surface area (Å²) in [6.45, 7) is 2.09. The molecular weight excluding hydrogens is 325 g/mol. The van der Waals surface area contributed by atoms with Crippen LogP contribution in [0.1, 0.15) is 28.9 Å². The first kappa shape index (κ1) is 16.9. The van der Waals surface area contributed by atoms with Crippen molar-refractivity contribution in [1.29, 1.82) is 0 Å². The van der Waals surface area contributed by atoms with E-state index in [2.05, 4.69) is 10.3 Å². The molecule has 0 unspecified atom stereocenters. The molecule has 2 heterocycles. The van der Waals surface area contributed by atoms with E-state index in [1.807, 2.05) is 0 Å². The predicted molar refractivity (Wildman–Crippen MR) is 91.0 cm³/mol. The molecule has 0 radical (unpaired) electrons. The lowest BCUT2D eigenvalue weighted by atomic mass is 10.0. The van der Waals surface area contributed by atoms with Crippen LogP contribution in [0.15, 0.2) is 41.3 Å². The third-order valence-electron chi connectivity index (χ3n) is 4.19. The van der Waals surface area contributed by atoms with Crippen LogP contribution in [-0.2, 0) is 4.79 Å². The molecule has 0 bridgehead atoms. The number of amides is 2. The summed E-state index contributed by atoms with van der Waals surface area (Å²) in [6, 6.07) is 6.55. The molecule has 1 atom stereocenters. The number of benzene rings is 1. The molecule has 0 saturated carbocycles. The van der Waals surface area contributed by atoms with Gasteiger partial charge >= 0.3 is 0 Å². The Morgan fingerprint density at radius 1 is 1.32 bits per heavy atom. The first-order valence-electron chi connectivity index (χ1n) is 8.03. The standard InChI is InChI=1S/C18H18FN3O3/c1-11-9-16(23)12(10-20-11)17(24)21-14-6-4-8-22(18(14)25)15-7-3-2-5-13(15)19/h2-3,5,7,9-10,14H,4,6,8H2,1H3,(H,20,23)(H,21,24)/t14-/m1/s1. The van der Waals surface area contributed by atoms with E-state index in [4.69, 9.17) is 0 Å². The topological polar surface area (TPSA) is 82.3 Å². The lowest BCUT2D eigenvalue weighted by Crippen LogP contribution is -2.53. The minimum atomic E-state index is -0.790. The number of rotatable bonds is 3. The molecule has 7 heteroatoms. The Balaban J connectivity index is 1.79. The fourth-order valence-corrected chi connectivity index (χ4v) is 2.91. The van der Waals surface area contributed by atoms with Gasteiger partial charge in [-0.2, -0.15) is 0 Å². The predicted octanol–water partition coefficient (Wildman–Crippen LogP) is 1.75. The molecule has 1 aromatic carbocycles. The van der Waals surface area contributed by atoms with Crippen LogP contribution >= 0.6 is 0 Å². The quantitative estimate of drug-likeness (QED) is 0.891. The Hall–Kier alpha value is -2.96. The van der Waals surface area contributed by atoms with Crippen molar-refractivity contribution in [2.75, 3.05) is 11.4 Å². The number of carbonyl (C=O) groups excluding carboxylic acids is 2. The first-order valence-corrected chi connectivity index (χ1v) is 8.03. The summed E-state index contributed by atoms with van der Waals surface area (Å²) in [5, 5.41) is 2.59. The van der Waals surface area contributed by atoms with Crippen molar-refractivity contribution in [3.05, 3.63) is 63.8 Å². The van der Waals surface area contributed by atoms with Gasteiger partial charge in [0.1, 0.15) is 17.4 Å². The van der Waals surface area contributed by atoms with Gasteiger partial charge in [0, 0.05) is 24.5 Å². The SMILES string of the molecule is Cc1cc(=O)c(C(=O)N[C@@H]2CCCN(c3ccccc3F)C2=O)c[nH]1. The van der Waals surface area contributed by atoms with Crippen molar-refractivity contribution in [3.63, 3.8) is 0 Å². The van der Waals surface area contributed by atoms with E-state index < -0.39 is 23.2 Å². The van der Waals surface area contributed by atoms with Crippen LogP contribution < -0.4 is 15.6 Å². The summed E-state index contributed by atoms with van der Waals surface area (Å²) in [7, 11) is 0. The molecular formula is C18H18FN3O3. The number of piperidine rings is 1. The zero-order chi connectivity index (χ0) is 18.0. The smallest absolute Gasteiger partial charge is 0.257 e. The van der Waals surface area contributed by atoms with Crippen LogP contribution in [0, 0.1) is 12.7 Å². The maximum Gasteiger partial charge on any atom is 0.257 e. The van der Waals surface area contributed by atoms with E-state index in [1.165, 1.54) is 29.3 Å². The third-order valence-corrected chi connectivity index (χ3v) is 4.19. The van der Waals surface area contributed by atoms with Crippen LogP contribution in [0.3, 0.4) is 0 Å². The Labute approximate surface area is 143 Å². The van der Waals surface area contributed by atoms with E-state index in [0.29, 0.717) is 25.1 Å². The molecule has 0 aliphatic carbocycles. The van der Waals surface area contributed by atoms with Crippen molar-refractivity contribution in [2.24, 2.45) is 0 Å². The third kappa shape index (κ3) is 3.45. The Morgan fingerprint density at radius 3 is 2.80 bits per heavy atom. The molecule has 25 heavy (non-hydrogen) atoms. The summed E-state index contributed by atoms with van der Waals surface area (Å²) in [5.41, 5.74) is 0.366. The summed E-state index contributed by atoms with van der Waals surface area (Å²) in [4.78, 5) is 41.0. The number of hydrogen-bond donors (Lipinski definition) is 2. The second kappa shape index (κ2) is 6.88. The van der Waals surface area contributed by atoms with E-state index in [1.54, 1.807) is 19.1 Å². The number of anilines is 1. The molecule has 0 spiro atoms. The number of aryl methyl sites for hydroxylation is 1. The molecule has 1 aliphatic heterocycles. The largest absolute Gasteiger partial charge is 0.364 e. The highest BCUT2D eigenvalue weighted by atomic mass is 19.1. The van der Waals surface area contributed by atoms with Gasteiger partial charge in [-0.05, 0) is 31.9 Å². The van der Waals surface area contributed by atoms with Gasteiger partial charge in [0.25, 0.3) is 5.91 Å². The van der Waals surface area contributed by atoms with Crippen molar-refractivity contribution in [3.8, 4) is 0 Å². The molecule has 2 amide bonds. The van der Waals surface area contributed by atoms with Gasteiger partial charge < -0.3 is 15.2 Å². The Bertz CT molecular complexity index is 878. The van der Waals surface area contributed by atoms with Crippen molar-refractivity contribution in [1.82, 2.24) is 10.3 Å².